The van der Waals surface area contributed by atoms with E-state index in [0.29, 0.717) is 16.8 Å². The van der Waals surface area contributed by atoms with E-state index in [1.165, 1.54) is 18.5 Å². The third-order valence-corrected chi connectivity index (χ3v) is 4.66. The van der Waals surface area contributed by atoms with Crippen molar-refractivity contribution in [1.29, 1.82) is 0 Å². The van der Waals surface area contributed by atoms with Crippen LogP contribution in [-0.4, -0.2) is 18.4 Å². The summed E-state index contributed by atoms with van der Waals surface area (Å²) in [5, 5.41) is 0.879. The van der Waals surface area contributed by atoms with Crippen LogP contribution in [0.15, 0.2) is 59.9 Å². The van der Waals surface area contributed by atoms with Crippen molar-refractivity contribution >= 4 is 26.6 Å². The van der Waals surface area contributed by atoms with Crippen LogP contribution in [0.3, 0.4) is 0 Å². The van der Waals surface area contributed by atoms with Gasteiger partial charge in [0, 0.05) is 24.0 Å². The summed E-state index contributed by atoms with van der Waals surface area (Å²) < 4.78 is 27.6. The van der Waals surface area contributed by atoms with E-state index in [2.05, 4.69) is 14.7 Å². The second-order valence-corrected chi connectivity index (χ2v) is 6.28. The van der Waals surface area contributed by atoms with E-state index in [0.717, 1.165) is 5.39 Å². The monoisotopic (exact) mass is 299 g/mol. The molecule has 0 aliphatic rings. The molecule has 0 amide bonds. The van der Waals surface area contributed by atoms with Crippen LogP contribution in [-0.2, 0) is 10.0 Å². The van der Waals surface area contributed by atoms with Crippen LogP contribution in [0, 0.1) is 6.92 Å². The predicted molar refractivity (Wildman–Crippen MR) is 81.5 cm³/mol. The Kier molecular flexibility index (Phi) is 3.31. The van der Waals surface area contributed by atoms with Gasteiger partial charge in [-0.15, -0.1) is 0 Å². The van der Waals surface area contributed by atoms with Crippen LogP contribution in [0.5, 0.6) is 0 Å². The summed E-state index contributed by atoms with van der Waals surface area (Å²) in [6.45, 7) is 1.71. The summed E-state index contributed by atoms with van der Waals surface area (Å²) >= 11 is 0. The zero-order chi connectivity index (χ0) is 14.9. The van der Waals surface area contributed by atoms with E-state index in [4.69, 9.17) is 0 Å². The fourth-order valence-electron chi connectivity index (χ4n) is 2.15. The molecule has 3 aromatic rings. The van der Waals surface area contributed by atoms with Crippen LogP contribution in [0.4, 0.5) is 5.69 Å². The molecule has 21 heavy (non-hydrogen) atoms. The lowest BCUT2D eigenvalue weighted by Gasteiger charge is -2.11. The highest BCUT2D eigenvalue weighted by atomic mass is 32.2. The Labute approximate surface area is 122 Å². The Morgan fingerprint density at radius 2 is 1.86 bits per heavy atom. The van der Waals surface area contributed by atoms with Gasteiger partial charge >= 0.3 is 0 Å². The van der Waals surface area contributed by atoms with Crippen molar-refractivity contribution in [1.82, 2.24) is 9.97 Å². The van der Waals surface area contributed by atoms with E-state index in [1.54, 1.807) is 25.3 Å². The van der Waals surface area contributed by atoms with Crippen LogP contribution in [0.2, 0.25) is 0 Å². The number of rotatable bonds is 3. The Morgan fingerprint density at radius 1 is 1.05 bits per heavy atom. The molecule has 0 aliphatic carbocycles. The summed E-state index contributed by atoms with van der Waals surface area (Å²) in [7, 11) is -3.67. The predicted octanol–water partition coefficient (Wildman–Crippen LogP) is 2.74. The van der Waals surface area contributed by atoms with Crippen LogP contribution in [0.1, 0.15) is 5.56 Å². The third-order valence-electron chi connectivity index (χ3n) is 3.14. The Balaban J connectivity index is 2.08. The molecule has 0 radical (unpaired) electrons. The molecule has 3 rings (SSSR count). The van der Waals surface area contributed by atoms with E-state index >= 15 is 0 Å². The first-order valence-corrected chi connectivity index (χ1v) is 7.83. The minimum atomic E-state index is -3.67. The van der Waals surface area contributed by atoms with E-state index < -0.39 is 10.0 Å². The zero-order valence-corrected chi connectivity index (χ0v) is 12.1. The fourth-order valence-corrected chi connectivity index (χ4v) is 3.43. The van der Waals surface area contributed by atoms with Crippen LogP contribution >= 0.6 is 0 Å². The number of fused-ring (bicyclic) bond motifs is 1. The maximum atomic E-state index is 12.5. The maximum absolute atomic E-state index is 12.5. The molecule has 0 spiro atoms. The number of benzene rings is 1. The summed E-state index contributed by atoms with van der Waals surface area (Å²) in [6, 6.07) is 10.6. The first-order valence-electron chi connectivity index (χ1n) is 6.35. The van der Waals surface area contributed by atoms with E-state index in [-0.39, 0.29) is 4.90 Å². The Morgan fingerprint density at radius 3 is 2.67 bits per heavy atom. The van der Waals surface area contributed by atoms with Gasteiger partial charge < -0.3 is 0 Å². The van der Waals surface area contributed by atoms with Gasteiger partial charge in [-0.25, -0.2) is 8.42 Å². The number of hydrogen-bond acceptors (Lipinski definition) is 4. The highest BCUT2D eigenvalue weighted by Crippen LogP contribution is 2.24. The number of pyridine rings is 2. The molecule has 0 unspecified atom stereocenters. The van der Waals surface area contributed by atoms with Gasteiger partial charge in [-0.05, 0) is 30.7 Å². The second-order valence-electron chi connectivity index (χ2n) is 4.63. The zero-order valence-electron chi connectivity index (χ0n) is 11.3. The topological polar surface area (TPSA) is 72.0 Å². The third kappa shape index (κ3) is 2.57. The summed E-state index contributed by atoms with van der Waals surface area (Å²) in [6.07, 6.45) is 4.62. The van der Waals surface area contributed by atoms with E-state index in [9.17, 15) is 8.42 Å². The van der Waals surface area contributed by atoms with Crippen molar-refractivity contribution < 1.29 is 8.42 Å². The van der Waals surface area contributed by atoms with Gasteiger partial charge in [0.05, 0.1) is 16.1 Å². The van der Waals surface area contributed by atoms with E-state index in [1.807, 2.05) is 18.2 Å². The number of nitrogens with one attached hydrogen (secondary N) is 1. The summed E-state index contributed by atoms with van der Waals surface area (Å²) in [4.78, 5) is 8.37. The average Bonchev–Trinajstić information content (AvgIpc) is 2.47. The minimum absolute atomic E-state index is 0.213. The quantitative estimate of drug-likeness (QED) is 0.807. The van der Waals surface area contributed by atoms with Crippen LogP contribution in [0.25, 0.3) is 10.9 Å². The lowest BCUT2D eigenvalue weighted by molar-refractivity contribution is 0.600. The molecule has 2 aromatic heterocycles. The minimum Gasteiger partial charge on any atom is -0.277 e. The summed E-state index contributed by atoms with van der Waals surface area (Å²) in [5.74, 6) is 0. The standard InChI is InChI=1S/C15H13N3O2S/c1-11-10-16-9-7-14(11)21(19,20)18-13-6-2-4-12-5-3-8-17-15(12)13/h2-10,18H,1H3. The second kappa shape index (κ2) is 5.14. The van der Waals surface area contributed by atoms with Gasteiger partial charge in [-0.2, -0.15) is 0 Å². The number of nitrogens with zero attached hydrogens (tertiary/aromatic N) is 2. The lowest BCUT2D eigenvalue weighted by atomic mass is 10.2. The van der Waals surface area contributed by atoms with Gasteiger partial charge in [0.15, 0.2) is 0 Å². The Hall–Kier alpha value is -2.47. The van der Waals surface area contributed by atoms with Gasteiger partial charge in [-0.3, -0.25) is 14.7 Å². The largest absolute Gasteiger partial charge is 0.277 e. The number of hydrogen-bond donors (Lipinski definition) is 1. The van der Waals surface area contributed by atoms with Crippen molar-refractivity contribution in [3.05, 3.63) is 60.6 Å². The van der Waals surface area contributed by atoms with Crippen molar-refractivity contribution in [3.63, 3.8) is 0 Å². The number of aromatic nitrogens is 2. The molecule has 2 heterocycles. The van der Waals surface area contributed by atoms with Crippen molar-refractivity contribution in [2.75, 3.05) is 4.72 Å². The lowest BCUT2D eigenvalue weighted by Crippen LogP contribution is -2.14. The number of anilines is 1. The smallest absolute Gasteiger partial charge is 0.262 e. The van der Waals surface area contributed by atoms with Gasteiger partial charge in [0.1, 0.15) is 0 Å². The molecule has 0 aliphatic heterocycles. The molecule has 6 heteroatoms. The molecule has 106 valence electrons. The first kappa shape index (κ1) is 13.5. The van der Waals surface area contributed by atoms with Crippen LogP contribution < -0.4 is 4.72 Å². The molecule has 0 saturated carbocycles. The number of aryl methyl sites for hydroxylation is 1. The van der Waals surface area contributed by atoms with Crippen molar-refractivity contribution in [3.8, 4) is 0 Å². The SMILES string of the molecule is Cc1cnccc1S(=O)(=O)Nc1cccc2cccnc12. The maximum Gasteiger partial charge on any atom is 0.262 e. The molecular formula is C15H13N3O2S. The molecule has 1 aromatic carbocycles. The normalized spacial score (nSPS) is 11.5. The van der Waals surface area contributed by atoms with Crippen molar-refractivity contribution in [2.45, 2.75) is 11.8 Å². The number of sulfonamides is 1. The molecule has 1 N–H and O–H groups in total. The highest BCUT2D eigenvalue weighted by molar-refractivity contribution is 7.92. The molecular weight excluding hydrogens is 286 g/mol. The molecule has 0 saturated heterocycles. The van der Waals surface area contributed by atoms with Gasteiger partial charge in [-0.1, -0.05) is 18.2 Å². The van der Waals surface area contributed by atoms with Gasteiger partial charge in [0.25, 0.3) is 10.0 Å². The molecule has 5 nitrogen and oxygen atoms in total. The molecule has 0 bridgehead atoms. The fraction of sp³-hybridized carbons (Fsp3) is 0.0667. The van der Waals surface area contributed by atoms with Gasteiger partial charge in [0.2, 0.25) is 0 Å². The first-order chi connectivity index (χ1) is 10.1. The molecule has 0 fully saturated rings. The average molecular weight is 299 g/mol. The number of para-hydroxylation sites is 1. The molecule has 0 atom stereocenters. The summed E-state index contributed by atoms with van der Waals surface area (Å²) in [5.41, 5.74) is 1.68. The highest BCUT2D eigenvalue weighted by Gasteiger charge is 2.18. The Bertz CT molecular complexity index is 902. The van der Waals surface area contributed by atoms with Crippen molar-refractivity contribution in [2.24, 2.45) is 0 Å².